The summed E-state index contributed by atoms with van der Waals surface area (Å²) in [4.78, 5) is 20.3. The summed E-state index contributed by atoms with van der Waals surface area (Å²) in [6, 6.07) is 13.1. The van der Waals surface area contributed by atoms with Crippen LogP contribution in [0.5, 0.6) is 5.75 Å². The number of carbonyl (C=O) groups is 1. The Labute approximate surface area is 169 Å². The van der Waals surface area contributed by atoms with Gasteiger partial charge in [0.1, 0.15) is 19.5 Å². The molecule has 1 fully saturated rings. The first-order valence-corrected chi connectivity index (χ1v) is 9.21. The molecule has 1 heterocycles. The monoisotopic (exact) mass is 396 g/mol. The van der Waals surface area contributed by atoms with Crippen LogP contribution >= 0.6 is 0 Å². The second-order valence-electron chi connectivity index (χ2n) is 6.65. The van der Waals surface area contributed by atoms with Gasteiger partial charge in [-0.1, -0.05) is 29.4 Å². The lowest BCUT2D eigenvalue weighted by Gasteiger charge is -2.23. The number of hydrogen-bond donors (Lipinski definition) is 0. The summed E-state index contributed by atoms with van der Waals surface area (Å²) < 4.78 is 17.5. The lowest BCUT2D eigenvalue weighted by molar-refractivity contribution is -0.149. The van der Waals surface area contributed by atoms with Gasteiger partial charge >= 0.3 is 0 Å². The van der Waals surface area contributed by atoms with Gasteiger partial charge in [0.05, 0.1) is 13.2 Å². The van der Waals surface area contributed by atoms with Crippen LogP contribution in [0.25, 0.3) is 0 Å². The van der Waals surface area contributed by atoms with Crippen molar-refractivity contribution >= 4 is 18.3 Å². The number of aryl methyl sites for hydroxylation is 1. The lowest BCUT2D eigenvalue weighted by Crippen LogP contribution is -2.22. The Morgan fingerprint density at radius 3 is 2.59 bits per heavy atom. The van der Waals surface area contributed by atoms with Gasteiger partial charge in [0, 0.05) is 11.1 Å². The molecule has 0 unspecified atom stereocenters. The van der Waals surface area contributed by atoms with Crippen molar-refractivity contribution in [2.75, 3.05) is 20.3 Å². The molecule has 0 aromatic heterocycles. The number of amides is 1. The van der Waals surface area contributed by atoms with Crippen LogP contribution in [0.2, 0.25) is 0 Å². The number of rotatable bonds is 7. The molecule has 3 rings (SSSR count). The quantitative estimate of drug-likeness (QED) is 0.530. The van der Waals surface area contributed by atoms with Crippen molar-refractivity contribution in [3.8, 4) is 5.75 Å². The fraction of sp³-hybridized carbons (Fsp3) is 0.318. The summed E-state index contributed by atoms with van der Waals surface area (Å²) in [6.07, 6.45) is 0. The van der Waals surface area contributed by atoms with E-state index < -0.39 is 11.7 Å². The Balaban J connectivity index is 1.81. The largest absolute Gasteiger partial charge is 0.489 e. The summed E-state index contributed by atoms with van der Waals surface area (Å²) >= 11 is 0. The van der Waals surface area contributed by atoms with Crippen molar-refractivity contribution in [3.05, 3.63) is 64.7 Å². The highest BCUT2D eigenvalue weighted by Gasteiger charge is 2.33. The Hall–Kier alpha value is -3.03. The van der Waals surface area contributed by atoms with Crippen LogP contribution in [0.4, 0.5) is 0 Å². The first-order valence-electron chi connectivity index (χ1n) is 9.21. The molecule has 7 heteroatoms. The molecule has 0 spiro atoms. The molecule has 0 saturated carbocycles. The van der Waals surface area contributed by atoms with Crippen molar-refractivity contribution in [2.45, 2.75) is 26.2 Å². The van der Waals surface area contributed by atoms with Gasteiger partial charge < -0.3 is 19.0 Å². The normalized spacial score (nSPS) is 15.8. The van der Waals surface area contributed by atoms with Crippen LogP contribution in [-0.4, -0.2) is 38.7 Å². The zero-order chi connectivity index (χ0) is 20.9. The van der Waals surface area contributed by atoms with E-state index in [4.69, 9.17) is 19.0 Å². The van der Waals surface area contributed by atoms with Gasteiger partial charge in [-0.15, -0.1) is 0 Å². The average molecular weight is 396 g/mol. The Bertz CT molecular complexity index is 933. The predicted molar refractivity (Wildman–Crippen MR) is 109 cm³/mol. The average Bonchev–Trinajstić information content (AvgIpc) is 3.18. The summed E-state index contributed by atoms with van der Waals surface area (Å²) in [7, 11) is 1.37. The van der Waals surface area contributed by atoms with E-state index in [-0.39, 0.29) is 12.3 Å². The molecule has 0 radical (unpaired) electrons. The molecule has 1 saturated heterocycles. The molecule has 2 aromatic carbocycles. The van der Waals surface area contributed by atoms with Gasteiger partial charge in [-0.25, -0.2) is 4.99 Å². The van der Waals surface area contributed by atoms with E-state index in [0.29, 0.717) is 18.8 Å². The minimum atomic E-state index is -0.723. The summed E-state index contributed by atoms with van der Waals surface area (Å²) in [5, 5.41) is 3.81. The highest BCUT2D eigenvalue weighted by atomic mass is 16.7. The molecule has 152 valence electrons. The van der Waals surface area contributed by atoms with Gasteiger partial charge in [0.25, 0.3) is 5.91 Å². The fourth-order valence-corrected chi connectivity index (χ4v) is 3.18. The maximum Gasteiger partial charge on any atom is 0.299 e. The highest BCUT2D eigenvalue weighted by molar-refractivity contribution is 6.46. The van der Waals surface area contributed by atoms with Gasteiger partial charge in [-0.05, 0) is 49.9 Å². The second-order valence-corrected chi connectivity index (χ2v) is 6.65. The highest BCUT2D eigenvalue weighted by Crippen LogP contribution is 2.33. The maximum absolute atomic E-state index is 12.1. The molecule has 1 amide bonds. The van der Waals surface area contributed by atoms with E-state index in [1.165, 1.54) is 7.11 Å². The van der Waals surface area contributed by atoms with Crippen LogP contribution < -0.4 is 4.74 Å². The number of hydrogen-bond acceptors (Lipinski definition) is 6. The molecule has 0 atom stereocenters. The third-order valence-electron chi connectivity index (χ3n) is 4.72. The summed E-state index contributed by atoms with van der Waals surface area (Å²) in [5.41, 5.74) is 3.34. The van der Waals surface area contributed by atoms with E-state index in [1.54, 1.807) is 6.07 Å². The first kappa shape index (κ1) is 20.7. The van der Waals surface area contributed by atoms with Crippen molar-refractivity contribution in [3.63, 3.8) is 0 Å². The van der Waals surface area contributed by atoms with E-state index in [0.717, 1.165) is 22.4 Å². The van der Waals surface area contributed by atoms with Gasteiger partial charge in [0.15, 0.2) is 11.5 Å². The number of ether oxygens (including phenoxy) is 3. The van der Waals surface area contributed by atoms with E-state index in [1.807, 2.05) is 50.2 Å². The zero-order valence-corrected chi connectivity index (χ0v) is 16.8. The Morgan fingerprint density at radius 2 is 1.93 bits per heavy atom. The predicted octanol–water partition coefficient (Wildman–Crippen LogP) is 3.37. The molecule has 1 aliphatic heterocycles. The summed E-state index contributed by atoms with van der Waals surface area (Å²) in [6.45, 7) is 8.56. The number of benzene rings is 2. The van der Waals surface area contributed by atoms with Crippen molar-refractivity contribution in [1.29, 1.82) is 0 Å². The molecule has 1 aliphatic rings. The van der Waals surface area contributed by atoms with Crippen molar-refractivity contribution in [1.82, 2.24) is 0 Å². The van der Waals surface area contributed by atoms with Crippen LogP contribution in [0.1, 0.15) is 29.2 Å². The molecular formula is C22H24N2O5. The third kappa shape index (κ3) is 4.52. The van der Waals surface area contributed by atoms with Crippen LogP contribution in [0.15, 0.2) is 52.6 Å². The topological polar surface area (TPSA) is 78.7 Å². The molecular weight excluding hydrogens is 372 g/mol. The summed E-state index contributed by atoms with van der Waals surface area (Å²) in [5.74, 6) is -0.562. The van der Waals surface area contributed by atoms with E-state index in [2.05, 4.69) is 16.9 Å². The third-order valence-corrected chi connectivity index (χ3v) is 4.72. The fourth-order valence-electron chi connectivity index (χ4n) is 3.18. The van der Waals surface area contributed by atoms with E-state index in [9.17, 15) is 4.79 Å². The number of oxime groups is 1. The lowest BCUT2D eigenvalue weighted by atomic mass is 10.0. The van der Waals surface area contributed by atoms with Crippen molar-refractivity contribution in [2.24, 2.45) is 10.1 Å². The minimum absolute atomic E-state index is 0.0808. The molecule has 0 aliphatic carbocycles. The molecule has 0 bridgehead atoms. The Kier molecular flexibility index (Phi) is 6.41. The van der Waals surface area contributed by atoms with Gasteiger partial charge in [-0.3, -0.25) is 4.79 Å². The number of aliphatic imine (C=N–C) groups is 1. The second kappa shape index (κ2) is 8.98. The standard InChI is InChI=1S/C22H24N2O5/c1-15-13-17(22(2)28-11-12-29-22)9-10-19(15)27-14-16-7-5-6-8-18(16)20(24-26-4)21(25)23-3/h5-10,13H,3,11-12,14H2,1-2,4H3. The van der Waals surface area contributed by atoms with Crippen LogP contribution in [-0.2, 0) is 31.5 Å². The molecule has 2 aromatic rings. The van der Waals surface area contributed by atoms with Crippen molar-refractivity contribution < 1.29 is 23.8 Å². The SMILES string of the molecule is C=NC(=O)C(=NOC)c1ccccc1COc1ccc(C2(C)OCCO2)cc1C. The van der Waals surface area contributed by atoms with Crippen LogP contribution in [0, 0.1) is 6.92 Å². The maximum atomic E-state index is 12.1. The van der Waals surface area contributed by atoms with Gasteiger partial charge in [-0.2, -0.15) is 0 Å². The minimum Gasteiger partial charge on any atom is -0.489 e. The van der Waals surface area contributed by atoms with E-state index >= 15 is 0 Å². The Morgan fingerprint density at radius 1 is 1.21 bits per heavy atom. The smallest absolute Gasteiger partial charge is 0.299 e. The number of nitrogens with zero attached hydrogens (tertiary/aromatic N) is 2. The van der Waals surface area contributed by atoms with Crippen LogP contribution in [0.3, 0.4) is 0 Å². The number of carbonyl (C=O) groups excluding carboxylic acids is 1. The molecule has 7 nitrogen and oxygen atoms in total. The molecule has 0 N–H and O–H groups in total. The molecule has 29 heavy (non-hydrogen) atoms. The zero-order valence-electron chi connectivity index (χ0n) is 16.8. The van der Waals surface area contributed by atoms with Gasteiger partial charge in [0.2, 0.25) is 0 Å². The first-order chi connectivity index (χ1) is 14.0.